The molecule has 0 spiro atoms. The lowest BCUT2D eigenvalue weighted by molar-refractivity contribution is -0.145. The van der Waals surface area contributed by atoms with Crippen molar-refractivity contribution in [2.75, 3.05) is 39.4 Å². The summed E-state index contributed by atoms with van der Waals surface area (Å²) >= 11 is 0. The van der Waals surface area contributed by atoms with Gasteiger partial charge in [-0.3, -0.25) is 4.79 Å². The number of hydrogen-bond acceptors (Lipinski definition) is 6. The Hall–Kier alpha value is -1.34. The van der Waals surface area contributed by atoms with Crippen molar-refractivity contribution in [3.05, 3.63) is 0 Å². The summed E-state index contributed by atoms with van der Waals surface area (Å²) in [7, 11) is 0. The lowest BCUT2D eigenvalue weighted by Gasteiger charge is -2.22. The van der Waals surface area contributed by atoms with E-state index in [1.807, 2.05) is 20.8 Å². The Morgan fingerprint density at radius 1 is 0.698 bits per heavy atom. The summed E-state index contributed by atoms with van der Waals surface area (Å²) in [6.07, 6.45) is 23.8. The van der Waals surface area contributed by atoms with Gasteiger partial charge < -0.3 is 24.8 Å². The standard InChI is InChI=1S/C36H72N2O5/c1-6-8-10-12-14-17-24-33(25-18-15-13-11-9-7-2)32-42-34(40)26-19-16-21-28-38(30-23-31-39)29-22-20-27-37-35(41)43-36(3,4)5/h33,39H,6-32H2,1-5H3,(H,37,41). The van der Waals surface area contributed by atoms with E-state index < -0.39 is 5.60 Å². The Labute approximate surface area is 266 Å². The molecule has 0 aromatic heterocycles. The van der Waals surface area contributed by atoms with Gasteiger partial charge in [-0.2, -0.15) is 0 Å². The summed E-state index contributed by atoms with van der Waals surface area (Å²) in [6.45, 7) is 14.3. The van der Waals surface area contributed by atoms with Crippen molar-refractivity contribution < 1.29 is 24.2 Å². The smallest absolute Gasteiger partial charge is 0.407 e. The minimum Gasteiger partial charge on any atom is -0.465 e. The quantitative estimate of drug-likeness (QED) is 0.0621. The third-order valence-electron chi connectivity index (χ3n) is 7.97. The van der Waals surface area contributed by atoms with Crippen LogP contribution in [-0.2, 0) is 14.3 Å². The number of amides is 1. The first-order valence-corrected chi connectivity index (χ1v) is 18.2. The average molecular weight is 613 g/mol. The first-order chi connectivity index (χ1) is 20.7. The summed E-state index contributed by atoms with van der Waals surface area (Å²) in [5.74, 6) is 0.478. The molecule has 0 heterocycles. The molecule has 0 fully saturated rings. The van der Waals surface area contributed by atoms with Crippen molar-refractivity contribution in [3.63, 3.8) is 0 Å². The number of hydrogen-bond donors (Lipinski definition) is 2. The predicted octanol–water partition coefficient (Wildman–Crippen LogP) is 9.20. The minimum atomic E-state index is -0.481. The number of nitrogens with zero attached hydrogens (tertiary/aromatic N) is 1. The first kappa shape index (κ1) is 41.7. The number of ether oxygens (including phenoxy) is 2. The summed E-state index contributed by atoms with van der Waals surface area (Å²) in [5.41, 5.74) is -0.481. The minimum absolute atomic E-state index is 0.0366. The topological polar surface area (TPSA) is 88.1 Å². The zero-order valence-electron chi connectivity index (χ0n) is 29.2. The van der Waals surface area contributed by atoms with Gasteiger partial charge in [0.05, 0.1) is 6.61 Å². The highest BCUT2D eigenvalue weighted by molar-refractivity contribution is 5.69. The van der Waals surface area contributed by atoms with Crippen molar-refractivity contribution in [1.29, 1.82) is 0 Å². The molecule has 2 N–H and O–H groups in total. The Morgan fingerprint density at radius 2 is 1.21 bits per heavy atom. The normalized spacial score (nSPS) is 11.8. The van der Waals surface area contributed by atoms with Gasteiger partial charge in [0.15, 0.2) is 0 Å². The van der Waals surface area contributed by atoms with Gasteiger partial charge in [-0.15, -0.1) is 0 Å². The zero-order valence-corrected chi connectivity index (χ0v) is 29.2. The van der Waals surface area contributed by atoms with Gasteiger partial charge >= 0.3 is 12.1 Å². The molecule has 0 aromatic carbocycles. The summed E-state index contributed by atoms with van der Waals surface area (Å²) in [5, 5.41) is 12.1. The molecule has 0 unspecified atom stereocenters. The van der Waals surface area contributed by atoms with Crippen LogP contribution in [0, 0.1) is 5.92 Å². The van der Waals surface area contributed by atoms with Crippen LogP contribution < -0.4 is 5.32 Å². The number of carbonyl (C=O) groups excluding carboxylic acids is 2. The van der Waals surface area contributed by atoms with Gasteiger partial charge in [0.1, 0.15) is 5.60 Å². The van der Waals surface area contributed by atoms with E-state index in [2.05, 4.69) is 24.1 Å². The summed E-state index contributed by atoms with van der Waals surface area (Å²) in [6, 6.07) is 0. The molecule has 0 bridgehead atoms. The number of aliphatic hydroxyl groups excluding tert-OH is 1. The van der Waals surface area contributed by atoms with Crippen LogP contribution >= 0.6 is 0 Å². The molecule has 256 valence electrons. The van der Waals surface area contributed by atoms with E-state index in [0.29, 0.717) is 25.5 Å². The van der Waals surface area contributed by atoms with Crippen molar-refractivity contribution in [2.45, 2.75) is 175 Å². The lowest BCUT2D eigenvalue weighted by atomic mass is 9.94. The molecule has 0 aliphatic rings. The van der Waals surface area contributed by atoms with Crippen molar-refractivity contribution in [2.24, 2.45) is 5.92 Å². The molecule has 43 heavy (non-hydrogen) atoms. The molecule has 0 saturated carbocycles. The second kappa shape index (κ2) is 29.4. The number of alkyl carbamates (subject to hydrolysis) is 1. The maximum Gasteiger partial charge on any atom is 0.407 e. The Bertz CT molecular complexity index is 622. The molecule has 0 atom stereocenters. The fourth-order valence-electron chi connectivity index (χ4n) is 5.40. The predicted molar refractivity (Wildman–Crippen MR) is 181 cm³/mol. The number of esters is 1. The highest BCUT2D eigenvalue weighted by Gasteiger charge is 2.16. The van der Waals surface area contributed by atoms with Crippen LogP contribution in [0.1, 0.15) is 169 Å². The van der Waals surface area contributed by atoms with Gasteiger partial charge in [-0.05, 0) is 84.7 Å². The molecule has 7 nitrogen and oxygen atoms in total. The Kier molecular flexibility index (Phi) is 28.5. The van der Waals surface area contributed by atoms with Gasteiger partial charge in [0.2, 0.25) is 0 Å². The maximum absolute atomic E-state index is 12.5. The second-order valence-corrected chi connectivity index (χ2v) is 13.5. The van der Waals surface area contributed by atoms with Gasteiger partial charge in [-0.25, -0.2) is 4.79 Å². The van der Waals surface area contributed by atoms with E-state index in [-0.39, 0.29) is 18.7 Å². The van der Waals surface area contributed by atoms with Gasteiger partial charge in [0.25, 0.3) is 0 Å². The van der Waals surface area contributed by atoms with Crippen LogP contribution in [0.5, 0.6) is 0 Å². The van der Waals surface area contributed by atoms with Crippen molar-refractivity contribution >= 4 is 12.1 Å². The molecule has 0 aromatic rings. The van der Waals surface area contributed by atoms with E-state index in [0.717, 1.165) is 58.2 Å². The molecule has 0 aliphatic heterocycles. The zero-order chi connectivity index (χ0) is 32.0. The maximum atomic E-state index is 12.5. The van der Waals surface area contributed by atoms with Gasteiger partial charge in [0, 0.05) is 26.1 Å². The molecule has 0 rings (SSSR count). The first-order valence-electron chi connectivity index (χ1n) is 18.2. The molecule has 0 radical (unpaired) electrons. The Morgan fingerprint density at radius 3 is 1.77 bits per heavy atom. The van der Waals surface area contributed by atoms with Crippen LogP contribution in [0.4, 0.5) is 4.79 Å². The molecule has 1 amide bonds. The second-order valence-electron chi connectivity index (χ2n) is 13.5. The molecule has 7 heteroatoms. The third-order valence-corrected chi connectivity index (χ3v) is 7.97. The molecule has 0 saturated heterocycles. The number of carbonyl (C=O) groups is 2. The van der Waals surface area contributed by atoms with Crippen LogP contribution in [0.15, 0.2) is 0 Å². The van der Waals surface area contributed by atoms with Crippen LogP contribution in [-0.4, -0.2) is 67.1 Å². The SMILES string of the molecule is CCCCCCCCC(CCCCCCCC)COC(=O)CCCCCN(CCCO)CCCCNC(=O)OC(C)(C)C. The van der Waals surface area contributed by atoms with Crippen LogP contribution in [0.2, 0.25) is 0 Å². The van der Waals surface area contributed by atoms with Crippen LogP contribution in [0.25, 0.3) is 0 Å². The van der Waals surface area contributed by atoms with Crippen molar-refractivity contribution in [1.82, 2.24) is 10.2 Å². The Balaban J connectivity index is 4.23. The fraction of sp³-hybridized carbons (Fsp3) is 0.944. The van der Waals surface area contributed by atoms with Crippen molar-refractivity contribution in [3.8, 4) is 0 Å². The summed E-state index contributed by atoms with van der Waals surface area (Å²) in [4.78, 5) is 26.7. The summed E-state index contributed by atoms with van der Waals surface area (Å²) < 4.78 is 11.1. The highest BCUT2D eigenvalue weighted by Crippen LogP contribution is 2.20. The monoisotopic (exact) mass is 613 g/mol. The number of rotatable bonds is 30. The fourth-order valence-corrected chi connectivity index (χ4v) is 5.40. The molecular weight excluding hydrogens is 540 g/mol. The highest BCUT2D eigenvalue weighted by atomic mass is 16.6. The number of unbranched alkanes of at least 4 members (excludes halogenated alkanes) is 13. The number of aliphatic hydroxyl groups is 1. The van der Waals surface area contributed by atoms with Crippen LogP contribution in [0.3, 0.4) is 0 Å². The van der Waals surface area contributed by atoms with E-state index in [1.165, 1.54) is 89.9 Å². The van der Waals surface area contributed by atoms with Gasteiger partial charge in [-0.1, -0.05) is 97.3 Å². The number of nitrogens with one attached hydrogen (secondary N) is 1. The third kappa shape index (κ3) is 30.5. The van der Waals surface area contributed by atoms with E-state index in [4.69, 9.17) is 9.47 Å². The van der Waals surface area contributed by atoms with E-state index in [9.17, 15) is 14.7 Å². The lowest BCUT2D eigenvalue weighted by Crippen LogP contribution is -2.33. The largest absolute Gasteiger partial charge is 0.465 e. The van der Waals surface area contributed by atoms with E-state index in [1.54, 1.807) is 0 Å². The molecular formula is C36H72N2O5. The average Bonchev–Trinajstić information content (AvgIpc) is 2.95. The molecule has 0 aliphatic carbocycles. The van der Waals surface area contributed by atoms with E-state index >= 15 is 0 Å².